The molecule has 6 heteroatoms. The predicted molar refractivity (Wildman–Crippen MR) is 94.3 cm³/mol. The largest absolute Gasteiger partial charge is 0.508 e. The van der Waals surface area contributed by atoms with Crippen molar-refractivity contribution in [1.29, 1.82) is 0 Å². The molecule has 138 valence electrons. The summed E-state index contributed by atoms with van der Waals surface area (Å²) < 4.78 is 5.69. The van der Waals surface area contributed by atoms with E-state index in [1.807, 2.05) is 12.1 Å². The average molecular weight is 348 g/mol. The number of aromatic hydroxyl groups is 1. The first-order chi connectivity index (χ1) is 12.1. The summed E-state index contributed by atoms with van der Waals surface area (Å²) in [7, 11) is 0. The van der Waals surface area contributed by atoms with Crippen molar-refractivity contribution in [3.63, 3.8) is 0 Å². The lowest BCUT2D eigenvalue weighted by Crippen LogP contribution is -2.48. The second-order valence-corrected chi connectivity index (χ2v) is 7.10. The number of ether oxygens (including phenoxy) is 1. The molecule has 1 aromatic rings. The number of nitrogens with zero attached hydrogens (tertiary/aromatic N) is 1. The normalized spacial score (nSPS) is 26.4. The minimum Gasteiger partial charge on any atom is -0.508 e. The molecule has 1 saturated heterocycles. The Kier molecular flexibility index (Phi) is 6.15. The number of amides is 2. The standard InChI is InChI=1S/C19H28N2O4/c22-16-9-7-15(8-10-16)20-19(24)21(13-17-5-3-11-25-17)12-14-4-1-2-6-18(14)23/h1-2,4,6,15-17,22-23H,3,5,7-13H2,(H,20,24)/t15?,16?,17-/m0/s1. The zero-order valence-electron chi connectivity index (χ0n) is 14.6. The highest BCUT2D eigenvalue weighted by Gasteiger charge is 2.26. The predicted octanol–water partition coefficient (Wildman–Crippen LogP) is 2.39. The van der Waals surface area contributed by atoms with Crippen molar-refractivity contribution >= 4 is 6.03 Å². The van der Waals surface area contributed by atoms with Gasteiger partial charge in [-0.15, -0.1) is 0 Å². The van der Waals surface area contributed by atoms with Crippen molar-refractivity contribution in [2.24, 2.45) is 0 Å². The minimum absolute atomic E-state index is 0.0600. The number of hydrogen-bond acceptors (Lipinski definition) is 4. The molecule has 0 aromatic heterocycles. The number of benzene rings is 1. The van der Waals surface area contributed by atoms with E-state index in [9.17, 15) is 15.0 Å². The maximum absolute atomic E-state index is 12.8. The van der Waals surface area contributed by atoms with Crippen LogP contribution in [0.3, 0.4) is 0 Å². The van der Waals surface area contributed by atoms with Gasteiger partial charge in [0.15, 0.2) is 0 Å². The molecule has 6 nitrogen and oxygen atoms in total. The van der Waals surface area contributed by atoms with Gasteiger partial charge in [0.05, 0.1) is 18.8 Å². The Hall–Kier alpha value is -1.79. The number of phenols is 1. The Morgan fingerprint density at radius 1 is 1.20 bits per heavy atom. The van der Waals surface area contributed by atoms with E-state index in [1.54, 1.807) is 17.0 Å². The van der Waals surface area contributed by atoms with E-state index in [0.717, 1.165) is 50.7 Å². The molecule has 1 heterocycles. The van der Waals surface area contributed by atoms with Crippen molar-refractivity contribution in [1.82, 2.24) is 10.2 Å². The first-order valence-corrected chi connectivity index (χ1v) is 9.24. The average Bonchev–Trinajstić information content (AvgIpc) is 3.11. The number of hydrogen-bond donors (Lipinski definition) is 3. The Labute approximate surface area is 148 Å². The Morgan fingerprint density at radius 2 is 1.96 bits per heavy atom. The summed E-state index contributed by atoms with van der Waals surface area (Å²) in [5.74, 6) is 0.202. The molecule has 25 heavy (non-hydrogen) atoms. The minimum atomic E-state index is -0.239. The van der Waals surface area contributed by atoms with Gasteiger partial charge in [-0.2, -0.15) is 0 Å². The van der Waals surface area contributed by atoms with E-state index in [1.165, 1.54) is 0 Å². The topological polar surface area (TPSA) is 82.0 Å². The molecule has 0 bridgehead atoms. The molecule has 0 spiro atoms. The maximum atomic E-state index is 12.8. The number of aliphatic hydroxyl groups is 1. The summed E-state index contributed by atoms with van der Waals surface area (Å²) in [5, 5.41) is 22.7. The molecule has 0 radical (unpaired) electrons. The second kappa shape index (κ2) is 8.54. The number of phenolic OH excluding ortho intramolecular Hbond substituents is 1. The number of carbonyl (C=O) groups excluding carboxylic acids is 1. The fourth-order valence-electron chi connectivity index (χ4n) is 3.59. The van der Waals surface area contributed by atoms with Gasteiger partial charge in [0.1, 0.15) is 5.75 Å². The van der Waals surface area contributed by atoms with Gasteiger partial charge >= 0.3 is 6.03 Å². The van der Waals surface area contributed by atoms with Crippen LogP contribution in [0.5, 0.6) is 5.75 Å². The molecule has 1 aliphatic carbocycles. The zero-order chi connectivity index (χ0) is 17.6. The van der Waals surface area contributed by atoms with E-state index >= 15 is 0 Å². The Balaban J connectivity index is 1.64. The lowest BCUT2D eigenvalue weighted by atomic mass is 9.93. The third kappa shape index (κ3) is 5.09. The van der Waals surface area contributed by atoms with E-state index in [2.05, 4.69) is 5.32 Å². The molecule has 0 unspecified atom stereocenters. The van der Waals surface area contributed by atoms with Crippen LogP contribution in [0.1, 0.15) is 44.1 Å². The first kappa shape index (κ1) is 18.0. The maximum Gasteiger partial charge on any atom is 0.318 e. The van der Waals surface area contributed by atoms with Gasteiger partial charge in [0.2, 0.25) is 0 Å². The Bertz CT molecular complexity index is 566. The second-order valence-electron chi connectivity index (χ2n) is 7.10. The smallest absolute Gasteiger partial charge is 0.318 e. The first-order valence-electron chi connectivity index (χ1n) is 9.24. The number of carbonyl (C=O) groups is 1. The quantitative estimate of drug-likeness (QED) is 0.763. The third-order valence-electron chi connectivity index (χ3n) is 5.11. The van der Waals surface area contributed by atoms with Crippen molar-refractivity contribution in [2.45, 2.75) is 63.3 Å². The van der Waals surface area contributed by atoms with Crippen LogP contribution in [-0.4, -0.2) is 52.5 Å². The summed E-state index contributed by atoms with van der Waals surface area (Å²) in [6.45, 7) is 1.63. The highest BCUT2D eigenvalue weighted by Crippen LogP contribution is 2.22. The van der Waals surface area contributed by atoms with Crippen molar-refractivity contribution in [3.8, 4) is 5.75 Å². The fourth-order valence-corrected chi connectivity index (χ4v) is 3.59. The number of para-hydroxylation sites is 1. The van der Waals surface area contributed by atoms with Gasteiger partial charge in [0.25, 0.3) is 0 Å². The molecular weight excluding hydrogens is 320 g/mol. The van der Waals surface area contributed by atoms with Crippen LogP contribution in [0.4, 0.5) is 4.79 Å². The lowest BCUT2D eigenvalue weighted by Gasteiger charge is -2.31. The number of rotatable bonds is 5. The van der Waals surface area contributed by atoms with Crippen LogP contribution in [0.2, 0.25) is 0 Å². The van der Waals surface area contributed by atoms with Gasteiger partial charge in [-0.05, 0) is 44.6 Å². The van der Waals surface area contributed by atoms with Crippen molar-refractivity contribution in [3.05, 3.63) is 29.8 Å². The summed E-state index contributed by atoms with van der Waals surface area (Å²) in [6, 6.07) is 7.09. The monoisotopic (exact) mass is 348 g/mol. The third-order valence-corrected chi connectivity index (χ3v) is 5.11. The highest BCUT2D eigenvalue weighted by atomic mass is 16.5. The summed E-state index contributed by atoms with van der Waals surface area (Å²) in [6.07, 6.45) is 4.88. The molecular formula is C19H28N2O4. The van der Waals surface area contributed by atoms with Crippen LogP contribution in [0.15, 0.2) is 24.3 Å². The van der Waals surface area contributed by atoms with Gasteiger partial charge in [-0.1, -0.05) is 18.2 Å². The van der Waals surface area contributed by atoms with Crippen LogP contribution in [0, 0.1) is 0 Å². The van der Waals surface area contributed by atoms with E-state index in [0.29, 0.717) is 13.1 Å². The van der Waals surface area contributed by atoms with Gasteiger partial charge in [0, 0.05) is 24.8 Å². The van der Waals surface area contributed by atoms with Gasteiger partial charge in [-0.3, -0.25) is 0 Å². The van der Waals surface area contributed by atoms with Crippen LogP contribution in [0.25, 0.3) is 0 Å². The fraction of sp³-hybridized carbons (Fsp3) is 0.632. The molecule has 2 aliphatic rings. The van der Waals surface area contributed by atoms with Crippen molar-refractivity contribution < 1.29 is 19.7 Å². The summed E-state index contributed by atoms with van der Waals surface area (Å²) in [5.41, 5.74) is 0.731. The van der Waals surface area contributed by atoms with Crippen LogP contribution in [-0.2, 0) is 11.3 Å². The molecule has 1 aliphatic heterocycles. The SMILES string of the molecule is O=C(NC1CCC(O)CC1)N(Cc1ccccc1O)C[C@@H]1CCCO1. The number of nitrogens with one attached hydrogen (secondary N) is 1. The number of urea groups is 1. The molecule has 1 atom stereocenters. The highest BCUT2D eigenvalue weighted by molar-refractivity contribution is 5.74. The number of aliphatic hydroxyl groups excluding tert-OH is 1. The molecule has 3 N–H and O–H groups in total. The van der Waals surface area contributed by atoms with Gasteiger partial charge in [-0.25, -0.2) is 4.79 Å². The van der Waals surface area contributed by atoms with Gasteiger partial charge < -0.3 is 25.2 Å². The summed E-state index contributed by atoms with van der Waals surface area (Å²) in [4.78, 5) is 14.5. The van der Waals surface area contributed by atoms with E-state index < -0.39 is 0 Å². The Morgan fingerprint density at radius 3 is 2.64 bits per heavy atom. The van der Waals surface area contributed by atoms with E-state index in [4.69, 9.17) is 4.74 Å². The molecule has 1 saturated carbocycles. The molecule has 2 amide bonds. The lowest BCUT2D eigenvalue weighted by molar-refractivity contribution is 0.0767. The zero-order valence-corrected chi connectivity index (χ0v) is 14.6. The molecule has 1 aromatic carbocycles. The van der Waals surface area contributed by atoms with Crippen LogP contribution < -0.4 is 5.32 Å². The van der Waals surface area contributed by atoms with E-state index in [-0.39, 0.29) is 30.0 Å². The summed E-state index contributed by atoms with van der Waals surface area (Å²) >= 11 is 0. The van der Waals surface area contributed by atoms with Crippen LogP contribution >= 0.6 is 0 Å². The molecule has 2 fully saturated rings. The van der Waals surface area contributed by atoms with Crippen molar-refractivity contribution in [2.75, 3.05) is 13.2 Å². The molecule has 3 rings (SSSR count).